The second-order valence-electron chi connectivity index (χ2n) is 3.62. The van der Waals surface area contributed by atoms with Crippen molar-refractivity contribution in [3.8, 4) is 5.88 Å². The van der Waals surface area contributed by atoms with E-state index in [-0.39, 0.29) is 6.61 Å². The second kappa shape index (κ2) is 5.11. The molecule has 1 fully saturated rings. The average Bonchev–Trinajstić information content (AvgIpc) is 2.75. The van der Waals surface area contributed by atoms with Gasteiger partial charge < -0.3 is 14.7 Å². The van der Waals surface area contributed by atoms with Crippen LogP contribution in [0.25, 0.3) is 0 Å². The third kappa shape index (κ3) is 2.60. The highest BCUT2D eigenvalue weighted by Gasteiger charge is 2.19. The third-order valence-electron chi connectivity index (χ3n) is 2.43. The monoisotopic (exact) mass is 243 g/mol. The van der Waals surface area contributed by atoms with Gasteiger partial charge in [0.1, 0.15) is 0 Å². The molecule has 1 N–H and O–H groups in total. The Morgan fingerprint density at radius 2 is 2.12 bits per heavy atom. The van der Waals surface area contributed by atoms with Crippen LogP contribution in [-0.2, 0) is 4.79 Å². The summed E-state index contributed by atoms with van der Waals surface area (Å²) in [5.41, 5.74) is 0. The van der Waals surface area contributed by atoms with Gasteiger partial charge in [-0.2, -0.15) is 4.37 Å². The van der Waals surface area contributed by atoms with Crippen LogP contribution in [0.15, 0.2) is 0 Å². The van der Waals surface area contributed by atoms with Gasteiger partial charge >= 0.3 is 5.97 Å². The Morgan fingerprint density at radius 3 is 2.81 bits per heavy atom. The van der Waals surface area contributed by atoms with Gasteiger partial charge in [0.05, 0.1) is 11.7 Å². The minimum absolute atomic E-state index is 0.342. The third-order valence-corrected chi connectivity index (χ3v) is 2.93. The quantitative estimate of drug-likeness (QED) is 0.850. The molecule has 0 spiro atoms. The lowest BCUT2D eigenvalue weighted by atomic mass is 10.1. The van der Waals surface area contributed by atoms with Crippen LogP contribution in [0.3, 0.4) is 0 Å². The molecule has 2 heterocycles. The number of piperidine rings is 1. The fraction of sp³-hybridized carbons (Fsp3) is 0.667. The zero-order valence-corrected chi connectivity index (χ0v) is 9.57. The van der Waals surface area contributed by atoms with Crippen molar-refractivity contribution in [2.75, 3.05) is 24.6 Å². The van der Waals surface area contributed by atoms with Gasteiger partial charge in [0.25, 0.3) is 5.88 Å². The van der Waals surface area contributed by atoms with E-state index in [1.807, 2.05) is 0 Å². The highest BCUT2D eigenvalue weighted by Crippen LogP contribution is 2.27. The summed E-state index contributed by atoms with van der Waals surface area (Å²) in [6.07, 6.45) is 3.51. The zero-order valence-electron chi connectivity index (χ0n) is 8.76. The first-order valence-electron chi connectivity index (χ1n) is 5.19. The first-order chi connectivity index (χ1) is 7.77. The maximum atomic E-state index is 10.4. The molecule has 0 radical (unpaired) electrons. The summed E-state index contributed by atoms with van der Waals surface area (Å²) in [5.74, 6) is 0.0258. The minimum atomic E-state index is -1.00. The smallest absolute Gasteiger partial charge is 0.341 e. The molecule has 1 aliphatic rings. The fourth-order valence-corrected chi connectivity index (χ4v) is 2.22. The van der Waals surface area contributed by atoms with Crippen molar-refractivity contribution in [1.82, 2.24) is 8.75 Å². The van der Waals surface area contributed by atoms with Crippen molar-refractivity contribution in [2.45, 2.75) is 19.3 Å². The molecular formula is C9H13N3O3S. The van der Waals surface area contributed by atoms with E-state index in [2.05, 4.69) is 13.6 Å². The van der Waals surface area contributed by atoms with E-state index in [1.165, 1.54) is 6.42 Å². The Balaban J connectivity index is 2.02. The van der Waals surface area contributed by atoms with Gasteiger partial charge in [-0.25, -0.2) is 4.79 Å². The largest absolute Gasteiger partial charge is 0.479 e. The summed E-state index contributed by atoms with van der Waals surface area (Å²) in [4.78, 5) is 12.5. The van der Waals surface area contributed by atoms with Gasteiger partial charge in [-0.3, -0.25) is 0 Å². The van der Waals surface area contributed by atoms with Gasteiger partial charge in [-0.1, -0.05) is 0 Å². The van der Waals surface area contributed by atoms with Crippen molar-refractivity contribution < 1.29 is 14.6 Å². The fourth-order valence-electron chi connectivity index (χ4n) is 1.70. The van der Waals surface area contributed by atoms with Gasteiger partial charge in [0.15, 0.2) is 6.61 Å². The number of aromatic nitrogens is 2. The Kier molecular flexibility index (Phi) is 3.55. The summed E-state index contributed by atoms with van der Waals surface area (Å²) >= 11 is 1.05. The molecule has 0 bridgehead atoms. The van der Waals surface area contributed by atoms with E-state index >= 15 is 0 Å². The van der Waals surface area contributed by atoms with Crippen LogP contribution in [0.5, 0.6) is 5.88 Å². The van der Waals surface area contributed by atoms with Gasteiger partial charge in [-0.05, 0) is 19.3 Å². The molecule has 0 atom stereocenters. The molecular weight excluding hydrogens is 230 g/mol. The number of carboxylic acid groups (broad SMARTS) is 1. The molecule has 1 aromatic rings. The molecule has 6 nitrogen and oxygen atoms in total. The Bertz CT molecular complexity index is 363. The van der Waals surface area contributed by atoms with E-state index in [4.69, 9.17) is 9.84 Å². The molecule has 1 saturated heterocycles. The minimum Gasteiger partial charge on any atom is -0.479 e. The highest BCUT2D eigenvalue weighted by molar-refractivity contribution is 6.99. The van der Waals surface area contributed by atoms with Gasteiger partial charge in [0.2, 0.25) is 5.82 Å². The average molecular weight is 243 g/mol. The molecule has 16 heavy (non-hydrogen) atoms. The molecule has 0 saturated carbocycles. The standard InChI is InChI=1S/C9H13N3O3S/c13-7(14)6-15-9-8(10-16-11-9)12-4-2-1-3-5-12/h1-6H2,(H,13,14). The number of carboxylic acids is 1. The van der Waals surface area contributed by atoms with Crippen LogP contribution in [0.2, 0.25) is 0 Å². The van der Waals surface area contributed by atoms with Crippen molar-refractivity contribution in [3.63, 3.8) is 0 Å². The normalized spacial score (nSPS) is 16.1. The Labute approximate surface area is 97.2 Å². The molecule has 2 rings (SSSR count). The van der Waals surface area contributed by atoms with Crippen LogP contribution in [0, 0.1) is 0 Å². The van der Waals surface area contributed by atoms with Crippen LogP contribution in [0.4, 0.5) is 5.82 Å². The van der Waals surface area contributed by atoms with Crippen molar-refractivity contribution in [1.29, 1.82) is 0 Å². The van der Waals surface area contributed by atoms with Crippen molar-refractivity contribution >= 4 is 23.5 Å². The van der Waals surface area contributed by atoms with Crippen molar-refractivity contribution in [3.05, 3.63) is 0 Å². The topological polar surface area (TPSA) is 75.5 Å². The van der Waals surface area contributed by atoms with Gasteiger partial charge in [0, 0.05) is 13.1 Å². The van der Waals surface area contributed by atoms with Gasteiger partial charge in [-0.15, -0.1) is 4.37 Å². The molecule has 0 amide bonds. The number of ether oxygens (including phenoxy) is 1. The highest BCUT2D eigenvalue weighted by atomic mass is 32.1. The number of carbonyl (C=O) groups is 1. The van der Waals surface area contributed by atoms with E-state index < -0.39 is 5.97 Å². The predicted octanol–water partition coefficient (Wildman–Crippen LogP) is 0.992. The maximum Gasteiger partial charge on any atom is 0.341 e. The Morgan fingerprint density at radius 1 is 1.38 bits per heavy atom. The number of anilines is 1. The predicted molar refractivity (Wildman–Crippen MR) is 59.1 cm³/mol. The molecule has 0 unspecified atom stereocenters. The van der Waals surface area contributed by atoms with E-state index in [0.717, 1.165) is 37.7 Å². The van der Waals surface area contributed by atoms with Crippen molar-refractivity contribution in [2.24, 2.45) is 0 Å². The van der Waals surface area contributed by atoms with E-state index in [1.54, 1.807) is 0 Å². The molecule has 88 valence electrons. The van der Waals surface area contributed by atoms with E-state index in [9.17, 15) is 4.79 Å². The maximum absolute atomic E-state index is 10.4. The Hall–Kier alpha value is -1.37. The number of hydrogen-bond acceptors (Lipinski definition) is 6. The van der Waals surface area contributed by atoms with Crippen LogP contribution < -0.4 is 9.64 Å². The SMILES string of the molecule is O=C(O)COc1nsnc1N1CCCCC1. The zero-order chi connectivity index (χ0) is 11.4. The number of aliphatic carboxylic acids is 1. The van der Waals surface area contributed by atoms with E-state index in [0.29, 0.717) is 11.7 Å². The first kappa shape index (κ1) is 11.1. The summed E-state index contributed by atoms with van der Waals surface area (Å²) in [6, 6.07) is 0. The van der Waals surface area contributed by atoms with Crippen LogP contribution in [0.1, 0.15) is 19.3 Å². The molecule has 0 aromatic carbocycles. The molecule has 1 aliphatic heterocycles. The summed E-state index contributed by atoms with van der Waals surface area (Å²) in [6.45, 7) is 1.51. The summed E-state index contributed by atoms with van der Waals surface area (Å²) in [7, 11) is 0. The second-order valence-corrected chi connectivity index (χ2v) is 4.15. The molecule has 7 heteroatoms. The first-order valence-corrected chi connectivity index (χ1v) is 5.92. The number of rotatable bonds is 4. The van der Waals surface area contributed by atoms with Crippen LogP contribution in [-0.4, -0.2) is 39.5 Å². The number of nitrogens with zero attached hydrogens (tertiary/aromatic N) is 3. The lowest BCUT2D eigenvalue weighted by molar-refractivity contribution is -0.139. The molecule has 0 aliphatic carbocycles. The van der Waals surface area contributed by atoms with Crippen LogP contribution >= 0.6 is 11.7 Å². The summed E-state index contributed by atoms with van der Waals surface area (Å²) < 4.78 is 13.2. The number of hydrogen-bond donors (Lipinski definition) is 1. The molecule has 1 aromatic heterocycles. The lowest BCUT2D eigenvalue weighted by Gasteiger charge is -2.26. The lowest BCUT2D eigenvalue weighted by Crippen LogP contribution is -2.30. The summed E-state index contributed by atoms with van der Waals surface area (Å²) in [5, 5.41) is 8.53.